The summed E-state index contributed by atoms with van der Waals surface area (Å²) >= 11 is 0. The summed E-state index contributed by atoms with van der Waals surface area (Å²) < 4.78 is 1.12. The first-order valence-electron chi connectivity index (χ1n) is 6.50. The van der Waals surface area contributed by atoms with Crippen LogP contribution in [0.25, 0.3) is 0 Å². The van der Waals surface area contributed by atoms with E-state index in [1.807, 2.05) is 0 Å². The van der Waals surface area contributed by atoms with Crippen LogP contribution in [0.1, 0.15) is 47.5 Å². The van der Waals surface area contributed by atoms with E-state index in [1.54, 1.807) is 0 Å². The Hall–Kier alpha value is -0.0151. The zero-order valence-corrected chi connectivity index (χ0v) is 11.2. The van der Waals surface area contributed by atoms with E-state index < -0.39 is 0 Å². The third kappa shape index (κ3) is 2.76. The van der Waals surface area contributed by atoms with E-state index in [-0.39, 0.29) is 0 Å². The van der Waals surface area contributed by atoms with Crippen molar-refractivity contribution in [2.24, 2.45) is 0 Å². The van der Waals surface area contributed by atoms with Gasteiger partial charge in [0.15, 0.2) is 0 Å². The predicted octanol–water partition coefficient (Wildman–Crippen LogP) is 2.27. The highest BCUT2D eigenvalue weighted by Crippen LogP contribution is 2.20. The number of hydrogen-bond donors (Lipinski definition) is 0. The summed E-state index contributed by atoms with van der Waals surface area (Å²) in [6.07, 6.45) is 2.74. The van der Waals surface area contributed by atoms with Crippen molar-refractivity contribution in [1.29, 1.82) is 0 Å². The van der Waals surface area contributed by atoms with Crippen molar-refractivity contribution < 1.29 is 4.39 Å². The maximum atomic E-state index is 2.53. The van der Waals surface area contributed by atoms with Gasteiger partial charge in [0.2, 0.25) is 0 Å². The first-order valence-corrected chi connectivity index (χ1v) is 6.50. The maximum absolute atomic E-state index is 2.53. The van der Waals surface area contributed by atoms with Gasteiger partial charge < -0.3 is 9.20 Å². The SMILES string of the molecule is CC[N+]([B-]N1CCCC1)(C(C)C)C(C)C. The molecule has 1 aliphatic heterocycles. The average Bonchev–Trinajstić information content (AvgIpc) is 2.65. The molecule has 0 amide bonds. The number of rotatable bonds is 5. The molecule has 1 rings (SSSR count). The highest BCUT2D eigenvalue weighted by Gasteiger charge is 2.25. The first-order chi connectivity index (χ1) is 7.03. The van der Waals surface area contributed by atoms with Crippen LogP contribution in [-0.4, -0.2) is 48.5 Å². The van der Waals surface area contributed by atoms with Gasteiger partial charge in [-0.25, -0.2) is 0 Å². The van der Waals surface area contributed by atoms with E-state index in [4.69, 9.17) is 0 Å². The van der Waals surface area contributed by atoms with Crippen molar-refractivity contribution in [3.05, 3.63) is 0 Å². The molecule has 1 saturated heterocycles. The topological polar surface area (TPSA) is 3.24 Å². The van der Waals surface area contributed by atoms with E-state index >= 15 is 0 Å². The minimum absolute atomic E-state index is 0.676. The summed E-state index contributed by atoms with van der Waals surface area (Å²) in [6, 6.07) is 1.35. The molecule has 0 bridgehead atoms. The van der Waals surface area contributed by atoms with E-state index in [0.29, 0.717) is 12.1 Å². The normalized spacial score (nSPS) is 19.4. The summed E-state index contributed by atoms with van der Waals surface area (Å²) in [4.78, 5) is 2.53. The van der Waals surface area contributed by atoms with Gasteiger partial charge in [0.05, 0.1) is 7.55 Å². The smallest absolute Gasteiger partial charge is 0.0870 e. The van der Waals surface area contributed by atoms with Crippen LogP contribution in [0.2, 0.25) is 0 Å². The van der Waals surface area contributed by atoms with Gasteiger partial charge in [-0.15, -0.1) is 0 Å². The molecule has 0 atom stereocenters. The Morgan fingerprint density at radius 2 is 1.53 bits per heavy atom. The molecule has 2 nitrogen and oxygen atoms in total. The second-order valence-corrected chi connectivity index (χ2v) is 5.36. The Morgan fingerprint density at radius 3 is 1.87 bits per heavy atom. The molecule has 0 N–H and O–H groups in total. The lowest BCUT2D eigenvalue weighted by Gasteiger charge is -2.59. The summed E-state index contributed by atoms with van der Waals surface area (Å²) in [5.41, 5.74) is 0. The van der Waals surface area contributed by atoms with Crippen molar-refractivity contribution >= 4 is 7.55 Å². The molecule has 1 heterocycles. The Labute approximate surface area is 96.5 Å². The molecule has 0 aromatic rings. The number of hydrogen-bond acceptors (Lipinski definition) is 1. The van der Waals surface area contributed by atoms with Crippen LogP contribution in [-0.2, 0) is 0 Å². The highest BCUT2D eigenvalue weighted by molar-refractivity contribution is 6.22. The molecule has 88 valence electrons. The fourth-order valence-corrected chi connectivity index (χ4v) is 2.84. The molecule has 0 aromatic carbocycles. The van der Waals surface area contributed by atoms with Crippen molar-refractivity contribution in [3.63, 3.8) is 0 Å². The van der Waals surface area contributed by atoms with Gasteiger partial charge in [-0.3, -0.25) is 0 Å². The average molecular weight is 210 g/mol. The predicted molar refractivity (Wildman–Crippen MR) is 67.6 cm³/mol. The van der Waals surface area contributed by atoms with Crippen molar-refractivity contribution in [3.8, 4) is 0 Å². The largest absolute Gasteiger partial charge is 0.543 e. The van der Waals surface area contributed by atoms with Gasteiger partial charge in [-0.2, -0.15) is 0 Å². The van der Waals surface area contributed by atoms with E-state index in [2.05, 4.69) is 47.0 Å². The number of quaternary nitrogens is 1. The van der Waals surface area contributed by atoms with Crippen LogP contribution in [0.5, 0.6) is 0 Å². The molecule has 15 heavy (non-hydrogen) atoms. The second kappa shape index (κ2) is 5.35. The fraction of sp³-hybridized carbons (Fsp3) is 1.00. The molecule has 0 aliphatic carbocycles. The molecular formula is C12H27BN2. The minimum atomic E-state index is 0.676. The quantitative estimate of drug-likeness (QED) is 0.629. The van der Waals surface area contributed by atoms with Crippen LogP contribution in [0, 0.1) is 0 Å². The molecule has 1 aliphatic rings. The van der Waals surface area contributed by atoms with Crippen molar-refractivity contribution in [2.45, 2.75) is 59.5 Å². The molecule has 0 spiro atoms. The summed E-state index contributed by atoms with van der Waals surface area (Å²) in [7, 11) is 2.50. The van der Waals surface area contributed by atoms with Crippen LogP contribution in [0.3, 0.4) is 0 Å². The zero-order chi connectivity index (χ0) is 11.5. The number of nitrogens with zero attached hydrogens (tertiary/aromatic N) is 2. The molecular weight excluding hydrogens is 183 g/mol. The third-order valence-corrected chi connectivity index (χ3v) is 3.99. The molecule has 0 aromatic heterocycles. The Bertz CT molecular complexity index is 178. The van der Waals surface area contributed by atoms with Crippen LogP contribution in [0.15, 0.2) is 0 Å². The van der Waals surface area contributed by atoms with Crippen LogP contribution < -0.4 is 0 Å². The van der Waals surface area contributed by atoms with Gasteiger partial charge in [-0.1, -0.05) is 0 Å². The van der Waals surface area contributed by atoms with Crippen molar-refractivity contribution in [1.82, 2.24) is 4.81 Å². The monoisotopic (exact) mass is 210 g/mol. The molecule has 0 saturated carbocycles. The van der Waals surface area contributed by atoms with E-state index in [1.165, 1.54) is 32.5 Å². The molecule has 2 radical (unpaired) electrons. The zero-order valence-electron chi connectivity index (χ0n) is 11.2. The summed E-state index contributed by atoms with van der Waals surface area (Å²) in [5, 5.41) is 0. The Kier molecular flexibility index (Phi) is 4.66. The Morgan fingerprint density at radius 1 is 1.07 bits per heavy atom. The first kappa shape index (κ1) is 13.1. The van der Waals surface area contributed by atoms with Crippen LogP contribution in [0.4, 0.5) is 0 Å². The van der Waals surface area contributed by atoms with E-state index in [9.17, 15) is 0 Å². The van der Waals surface area contributed by atoms with Gasteiger partial charge in [-0.05, 0) is 60.5 Å². The van der Waals surface area contributed by atoms with E-state index in [0.717, 1.165) is 4.39 Å². The van der Waals surface area contributed by atoms with Crippen LogP contribution >= 0.6 is 0 Å². The van der Waals surface area contributed by atoms with Gasteiger partial charge >= 0.3 is 0 Å². The molecule has 1 fully saturated rings. The van der Waals surface area contributed by atoms with Gasteiger partial charge in [0.1, 0.15) is 0 Å². The van der Waals surface area contributed by atoms with Gasteiger partial charge in [0.25, 0.3) is 0 Å². The standard InChI is InChI=1S/C12H27BN2/c1-6-15(11(2)3,12(4)5)13-14-9-7-8-10-14/h11-12H,6-10H2,1-5H3. The second-order valence-electron chi connectivity index (χ2n) is 5.36. The minimum Gasteiger partial charge on any atom is -0.543 e. The molecule has 3 heteroatoms. The Balaban J connectivity index is 2.69. The lowest BCUT2D eigenvalue weighted by molar-refractivity contribution is -0.867. The van der Waals surface area contributed by atoms with Crippen molar-refractivity contribution in [2.75, 3.05) is 19.6 Å². The maximum Gasteiger partial charge on any atom is 0.0870 e. The summed E-state index contributed by atoms with van der Waals surface area (Å²) in [6.45, 7) is 15.4. The summed E-state index contributed by atoms with van der Waals surface area (Å²) in [5.74, 6) is 0. The van der Waals surface area contributed by atoms with Gasteiger partial charge in [0, 0.05) is 18.6 Å². The molecule has 0 unspecified atom stereocenters. The fourth-order valence-electron chi connectivity index (χ4n) is 2.84. The third-order valence-electron chi connectivity index (χ3n) is 3.99. The lowest BCUT2D eigenvalue weighted by atomic mass is 9.91. The lowest BCUT2D eigenvalue weighted by Crippen LogP contribution is -2.64. The highest BCUT2D eigenvalue weighted by atomic mass is 15.4.